The zero-order valence-corrected chi connectivity index (χ0v) is 13.2. The lowest BCUT2D eigenvalue weighted by atomic mass is 9.63. The topological polar surface area (TPSA) is 63.7 Å². The summed E-state index contributed by atoms with van der Waals surface area (Å²) in [7, 11) is 0. The van der Waals surface area contributed by atoms with Gasteiger partial charge in [0.05, 0.1) is 17.5 Å². The fraction of sp³-hybridized carbons (Fsp3) is 0.421. The largest absolute Gasteiger partial charge is 0.427 e. The van der Waals surface area contributed by atoms with Crippen LogP contribution in [0.5, 0.6) is 5.75 Å². The molecule has 24 heavy (non-hydrogen) atoms. The Morgan fingerprint density at radius 3 is 2.29 bits per heavy atom. The van der Waals surface area contributed by atoms with E-state index in [1.165, 1.54) is 11.8 Å². The van der Waals surface area contributed by atoms with Crippen molar-refractivity contribution in [3.63, 3.8) is 0 Å². The number of rotatable bonds is 2. The summed E-state index contributed by atoms with van der Waals surface area (Å²) in [6, 6.07) is 6.64. The van der Waals surface area contributed by atoms with Gasteiger partial charge >= 0.3 is 5.97 Å². The fourth-order valence-electron chi connectivity index (χ4n) is 5.06. The minimum Gasteiger partial charge on any atom is -0.427 e. The van der Waals surface area contributed by atoms with Crippen molar-refractivity contribution in [1.82, 2.24) is 0 Å². The first kappa shape index (κ1) is 14.0. The molecule has 5 nitrogen and oxygen atoms in total. The molecule has 6 rings (SSSR count). The lowest BCUT2D eigenvalue weighted by molar-refractivity contribution is -0.132. The van der Waals surface area contributed by atoms with E-state index in [1.54, 1.807) is 24.3 Å². The molecule has 3 fully saturated rings. The van der Waals surface area contributed by atoms with E-state index >= 15 is 0 Å². The Kier molecular flexibility index (Phi) is 2.65. The molecule has 0 N–H and O–H groups in total. The second-order valence-electron chi connectivity index (χ2n) is 7.26. The molecule has 122 valence electrons. The fourth-order valence-corrected chi connectivity index (χ4v) is 5.06. The van der Waals surface area contributed by atoms with Crippen molar-refractivity contribution < 1.29 is 19.1 Å². The Morgan fingerprint density at radius 2 is 1.71 bits per heavy atom. The Labute approximate surface area is 139 Å². The molecular weight excluding hydrogens is 306 g/mol. The van der Waals surface area contributed by atoms with Gasteiger partial charge in [-0.1, -0.05) is 18.2 Å². The highest BCUT2D eigenvalue weighted by Crippen LogP contribution is 2.65. The summed E-state index contributed by atoms with van der Waals surface area (Å²) in [4.78, 5) is 38.4. The van der Waals surface area contributed by atoms with E-state index in [2.05, 4.69) is 12.2 Å². The van der Waals surface area contributed by atoms with Crippen molar-refractivity contribution in [2.75, 3.05) is 4.90 Å². The van der Waals surface area contributed by atoms with Gasteiger partial charge in [0, 0.05) is 13.0 Å². The number of carbonyl (C=O) groups is 3. The Hall–Kier alpha value is -2.43. The van der Waals surface area contributed by atoms with Gasteiger partial charge < -0.3 is 4.74 Å². The number of benzene rings is 1. The van der Waals surface area contributed by atoms with E-state index in [9.17, 15) is 14.4 Å². The number of esters is 1. The van der Waals surface area contributed by atoms with Crippen LogP contribution in [0.4, 0.5) is 5.69 Å². The predicted molar refractivity (Wildman–Crippen MR) is 84.9 cm³/mol. The number of hydrogen-bond acceptors (Lipinski definition) is 4. The van der Waals surface area contributed by atoms with Crippen molar-refractivity contribution in [2.24, 2.45) is 35.5 Å². The summed E-state index contributed by atoms with van der Waals surface area (Å²) in [5.74, 6) is 0.884. The first-order chi connectivity index (χ1) is 11.6. The molecule has 1 saturated heterocycles. The Bertz CT molecular complexity index is 777. The van der Waals surface area contributed by atoms with Crippen LogP contribution in [0.2, 0.25) is 0 Å². The molecule has 0 radical (unpaired) electrons. The highest BCUT2D eigenvalue weighted by atomic mass is 16.5. The lowest BCUT2D eigenvalue weighted by Crippen LogP contribution is -2.40. The number of amides is 2. The summed E-state index contributed by atoms with van der Waals surface area (Å²) < 4.78 is 5.08. The first-order valence-electron chi connectivity index (χ1n) is 8.41. The molecular formula is C19H17NO4. The van der Waals surface area contributed by atoms with Gasteiger partial charge in [0.1, 0.15) is 5.75 Å². The molecule has 0 unspecified atom stereocenters. The molecule has 2 bridgehead atoms. The summed E-state index contributed by atoms with van der Waals surface area (Å²) in [5, 5.41) is 0. The van der Waals surface area contributed by atoms with E-state index in [4.69, 9.17) is 4.74 Å². The quantitative estimate of drug-likeness (QED) is 0.362. The summed E-state index contributed by atoms with van der Waals surface area (Å²) in [5.41, 5.74) is 0.492. The molecule has 2 amide bonds. The van der Waals surface area contributed by atoms with Gasteiger partial charge in [-0.2, -0.15) is 0 Å². The van der Waals surface area contributed by atoms with E-state index in [-0.39, 0.29) is 35.5 Å². The molecule has 1 aromatic carbocycles. The second-order valence-corrected chi connectivity index (χ2v) is 7.26. The molecule has 2 saturated carbocycles. The number of nitrogens with zero attached hydrogens (tertiary/aromatic N) is 1. The molecule has 5 heteroatoms. The summed E-state index contributed by atoms with van der Waals surface area (Å²) >= 11 is 0. The lowest BCUT2D eigenvalue weighted by Gasteiger charge is -2.37. The van der Waals surface area contributed by atoms with Crippen molar-refractivity contribution in [1.29, 1.82) is 0 Å². The third-order valence-corrected chi connectivity index (χ3v) is 6.00. The van der Waals surface area contributed by atoms with Gasteiger partial charge in [-0.25, -0.2) is 4.90 Å². The monoisotopic (exact) mass is 323 g/mol. The van der Waals surface area contributed by atoms with Gasteiger partial charge in [-0.15, -0.1) is 0 Å². The van der Waals surface area contributed by atoms with Gasteiger partial charge in [0.2, 0.25) is 11.8 Å². The van der Waals surface area contributed by atoms with Crippen LogP contribution < -0.4 is 9.64 Å². The summed E-state index contributed by atoms with van der Waals surface area (Å²) in [6.07, 6.45) is 5.46. The van der Waals surface area contributed by atoms with Crippen LogP contribution in [0.25, 0.3) is 0 Å². The number of ether oxygens (including phenoxy) is 1. The summed E-state index contributed by atoms with van der Waals surface area (Å²) in [6.45, 7) is 1.32. The molecule has 4 aliphatic carbocycles. The molecule has 5 aliphatic rings. The minimum atomic E-state index is -0.428. The maximum absolute atomic E-state index is 13.0. The van der Waals surface area contributed by atoms with Gasteiger partial charge in [-0.3, -0.25) is 14.4 Å². The van der Waals surface area contributed by atoms with E-state index in [0.717, 1.165) is 6.42 Å². The van der Waals surface area contributed by atoms with Gasteiger partial charge in [-0.05, 0) is 42.2 Å². The van der Waals surface area contributed by atoms with Crippen LogP contribution in [-0.4, -0.2) is 17.8 Å². The Morgan fingerprint density at radius 1 is 1.08 bits per heavy atom. The highest BCUT2D eigenvalue weighted by Gasteiger charge is 2.67. The van der Waals surface area contributed by atoms with Crippen molar-refractivity contribution >= 4 is 23.5 Å². The Balaban J connectivity index is 1.51. The maximum Gasteiger partial charge on any atom is 0.308 e. The number of imide groups is 1. The van der Waals surface area contributed by atoms with Crippen LogP contribution in [0.1, 0.15) is 13.3 Å². The predicted octanol–water partition coefficient (Wildman–Crippen LogP) is 2.17. The van der Waals surface area contributed by atoms with Crippen molar-refractivity contribution in [2.45, 2.75) is 13.3 Å². The smallest absolute Gasteiger partial charge is 0.308 e. The zero-order chi connectivity index (χ0) is 16.6. The first-order valence-corrected chi connectivity index (χ1v) is 8.41. The standard InChI is InChI=1S/C19H17NO4/c1-9(21)24-11-4-2-3-10(7-11)20-18(22)16-12-5-6-13(15-8-14(12)15)17(16)19(20)23/h2-7,12-17H,8H2,1H3/t12-,13-,14-,15-,16-,17+/m1/s1. The second kappa shape index (κ2) is 4.56. The maximum atomic E-state index is 13.0. The van der Waals surface area contributed by atoms with Crippen LogP contribution >= 0.6 is 0 Å². The van der Waals surface area contributed by atoms with E-state index in [0.29, 0.717) is 23.3 Å². The van der Waals surface area contributed by atoms with Gasteiger partial charge in [0.25, 0.3) is 0 Å². The molecule has 0 spiro atoms. The van der Waals surface area contributed by atoms with Crippen LogP contribution in [0.3, 0.4) is 0 Å². The van der Waals surface area contributed by atoms with E-state index < -0.39 is 5.97 Å². The van der Waals surface area contributed by atoms with Crippen LogP contribution in [-0.2, 0) is 14.4 Å². The van der Waals surface area contributed by atoms with Crippen LogP contribution in [0, 0.1) is 35.5 Å². The molecule has 0 aromatic heterocycles. The minimum absolute atomic E-state index is 0.102. The molecule has 6 atom stereocenters. The SMILES string of the molecule is CC(=O)Oc1cccc(N2C(=O)[C@@H]3[C@@H]4C=C[C@H]([C@H]5C[C@H]45)[C@@H]3C2=O)c1. The van der Waals surface area contributed by atoms with Gasteiger partial charge in [0.15, 0.2) is 0 Å². The molecule has 1 aromatic rings. The van der Waals surface area contributed by atoms with Crippen molar-refractivity contribution in [3.05, 3.63) is 36.4 Å². The van der Waals surface area contributed by atoms with Crippen LogP contribution in [0.15, 0.2) is 36.4 Å². The zero-order valence-electron chi connectivity index (χ0n) is 13.2. The molecule has 1 heterocycles. The number of carbonyl (C=O) groups excluding carboxylic acids is 3. The number of allylic oxidation sites excluding steroid dienone is 2. The third kappa shape index (κ3) is 1.72. The number of hydrogen-bond donors (Lipinski definition) is 0. The number of anilines is 1. The average molecular weight is 323 g/mol. The normalized spacial score (nSPS) is 38.1. The average Bonchev–Trinajstić information content (AvgIpc) is 3.31. The highest BCUT2D eigenvalue weighted by molar-refractivity contribution is 6.22. The third-order valence-electron chi connectivity index (χ3n) is 6.00. The van der Waals surface area contributed by atoms with Crippen molar-refractivity contribution in [3.8, 4) is 5.75 Å². The molecule has 1 aliphatic heterocycles. The van der Waals surface area contributed by atoms with E-state index in [1.807, 2.05) is 0 Å².